The second-order valence-corrected chi connectivity index (χ2v) is 8.33. The molecular formula is C24H27N5. The zero-order valence-corrected chi connectivity index (χ0v) is 16.8. The molecule has 29 heavy (non-hydrogen) atoms. The van der Waals surface area contributed by atoms with Gasteiger partial charge >= 0.3 is 0 Å². The Labute approximate surface area is 172 Å². The van der Waals surface area contributed by atoms with Gasteiger partial charge in [0.1, 0.15) is 5.82 Å². The second kappa shape index (κ2) is 7.96. The van der Waals surface area contributed by atoms with Crippen molar-refractivity contribution in [3.05, 3.63) is 59.7 Å². The molecule has 5 nitrogen and oxygen atoms in total. The largest absolute Gasteiger partial charge is 0.327 e. The molecule has 1 aliphatic carbocycles. The number of fused-ring (bicyclic) bond motifs is 4. The lowest BCUT2D eigenvalue weighted by molar-refractivity contribution is 0.0664. The SMILES string of the molecule is N#CCCCn1c(CN2CCC[C@@H]3CCc4cccnc4[C@H]32)nc2ccccc21. The molecule has 0 radical (unpaired) electrons. The molecule has 2 atom stereocenters. The third kappa shape index (κ3) is 3.42. The molecule has 2 aromatic heterocycles. The first-order valence-electron chi connectivity index (χ1n) is 10.8. The first kappa shape index (κ1) is 18.3. The second-order valence-electron chi connectivity index (χ2n) is 8.33. The summed E-state index contributed by atoms with van der Waals surface area (Å²) in [7, 11) is 0. The van der Waals surface area contributed by atoms with E-state index in [1.165, 1.54) is 36.0 Å². The number of benzene rings is 1. The number of piperidine rings is 1. The summed E-state index contributed by atoms with van der Waals surface area (Å²) in [5.74, 6) is 1.82. The number of pyridine rings is 1. The maximum absolute atomic E-state index is 8.97. The van der Waals surface area contributed by atoms with E-state index in [0.29, 0.717) is 18.4 Å². The van der Waals surface area contributed by atoms with E-state index in [2.05, 4.69) is 51.9 Å². The van der Waals surface area contributed by atoms with Gasteiger partial charge in [-0.2, -0.15) is 5.26 Å². The fraction of sp³-hybridized carbons (Fsp3) is 0.458. The summed E-state index contributed by atoms with van der Waals surface area (Å²) >= 11 is 0. The number of unbranched alkanes of at least 4 members (excludes halogenated alkanes) is 1. The number of rotatable bonds is 5. The van der Waals surface area contributed by atoms with Crippen molar-refractivity contribution in [1.82, 2.24) is 19.4 Å². The van der Waals surface area contributed by atoms with Gasteiger partial charge in [0.2, 0.25) is 0 Å². The van der Waals surface area contributed by atoms with Crippen molar-refractivity contribution in [2.45, 2.75) is 57.7 Å². The number of likely N-dealkylation sites (tertiary alicyclic amines) is 1. The Balaban J connectivity index is 1.49. The van der Waals surface area contributed by atoms with Crippen molar-refractivity contribution in [1.29, 1.82) is 5.26 Å². The van der Waals surface area contributed by atoms with E-state index in [1.807, 2.05) is 6.20 Å². The fourth-order valence-corrected chi connectivity index (χ4v) is 5.29. The number of nitrogens with zero attached hydrogens (tertiary/aromatic N) is 5. The summed E-state index contributed by atoms with van der Waals surface area (Å²) < 4.78 is 2.33. The minimum Gasteiger partial charge on any atom is -0.327 e. The lowest BCUT2D eigenvalue weighted by atomic mass is 9.77. The van der Waals surface area contributed by atoms with E-state index in [4.69, 9.17) is 15.2 Å². The molecule has 0 unspecified atom stereocenters. The molecule has 1 saturated heterocycles. The topological polar surface area (TPSA) is 57.7 Å². The highest BCUT2D eigenvalue weighted by Crippen LogP contribution is 2.43. The molecule has 0 spiro atoms. The third-order valence-corrected chi connectivity index (χ3v) is 6.60. The average Bonchev–Trinajstić information content (AvgIpc) is 3.11. The van der Waals surface area contributed by atoms with Crippen molar-refractivity contribution in [3.63, 3.8) is 0 Å². The molecule has 1 fully saturated rings. The normalized spacial score (nSPS) is 21.5. The first-order chi connectivity index (χ1) is 14.3. The lowest BCUT2D eigenvalue weighted by Crippen LogP contribution is -2.41. The van der Waals surface area contributed by atoms with E-state index < -0.39 is 0 Å². The molecule has 2 aliphatic rings. The molecular weight excluding hydrogens is 358 g/mol. The maximum atomic E-state index is 8.97. The minimum atomic E-state index is 0.404. The molecule has 5 heteroatoms. The molecule has 0 N–H and O–H groups in total. The predicted octanol–water partition coefficient (Wildman–Crippen LogP) is 4.63. The van der Waals surface area contributed by atoms with Crippen LogP contribution < -0.4 is 0 Å². The highest BCUT2D eigenvalue weighted by Gasteiger charge is 2.38. The summed E-state index contributed by atoms with van der Waals surface area (Å²) in [6.45, 7) is 2.79. The minimum absolute atomic E-state index is 0.404. The van der Waals surface area contributed by atoms with Crippen LogP contribution in [-0.2, 0) is 19.5 Å². The smallest absolute Gasteiger partial charge is 0.124 e. The van der Waals surface area contributed by atoms with Crippen LogP contribution in [0, 0.1) is 17.2 Å². The van der Waals surface area contributed by atoms with Crippen LogP contribution in [0.5, 0.6) is 0 Å². The molecule has 0 bridgehead atoms. The Morgan fingerprint density at radius 1 is 1.14 bits per heavy atom. The van der Waals surface area contributed by atoms with Crippen molar-refractivity contribution in [2.24, 2.45) is 5.92 Å². The Morgan fingerprint density at radius 2 is 2.07 bits per heavy atom. The zero-order valence-electron chi connectivity index (χ0n) is 16.8. The molecule has 3 heterocycles. The van der Waals surface area contributed by atoms with E-state index in [1.54, 1.807) is 0 Å². The van der Waals surface area contributed by atoms with Crippen LogP contribution in [0.2, 0.25) is 0 Å². The number of aromatic nitrogens is 3. The lowest BCUT2D eigenvalue weighted by Gasteiger charge is -2.44. The molecule has 5 rings (SSSR count). The Hall–Kier alpha value is -2.71. The van der Waals surface area contributed by atoms with E-state index in [0.717, 1.165) is 43.8 Å². The summed E-state index contributed by atoms with van der Waals surface area (Å²) in [5, 5.41) is 8.97. The van der Waals surface area contributed by atoms with Gasteiger partial charge in [-0.3, -0.25) is 9.88 Å². The maximum Gasteiger partial charge on any atom is 0.124 e. The van der Waals surface area contributed by atoms with Gasteiger partial charge in [-0.25, -0.2) is 4.98 Å². The van der Waals surface area contributed by atoms with Crippen molar-refractivity contribution >= 4 is 11.0 Å². The number of hydrogen-bond donors (Lipinski definition) is 0. The van der Waals surface area contributed by atoms with Gasteiger partial charge in [-0.05, 0) is 68.3 Å². The van der Waals surface area contributed by atoms with Gasteiger partial charge in [0.25, 0.3) is 0 Å². The Morgan fingerprint density at radius 3 is 3.00 bits per heavy atom. The average molecular weight is 386 g/mol. The van der Waals surface area contributed by atoms with Crippen molar-refractivity contribution in [2.75, 3.05) is 6.54 Å². The van der Waals surface area contributed by atoms with E-state index in [9.17, 15) is 0 Å². The van der Waals surface area contributed by atoms with E-state index >= 15 is 0 Å². The highest BCUT2D eigenvalue weighted by molar-refractivity contribution is 5.75. The van der Waals surface area contributed by atoms with Crippen LogP contribution in [0.1, 0.15) is 55.2 Å². The van der Waals surface area contributed by atoms with Crippen LogP contribution >= 0.6 is 0 Å². The van der Waals surface area contributed by atoms with Crippen molar-refractivity contribution < 1.29 is 0 Å². The quantitative estimate of drug-likeness (QED) is 0.601. The number of hydrogen-bond acceptors (Lipinski definition) is 4. The summed E-state index contributed by atoms with van der Waals surface area (Å²) in [4.78, 5) is 12.4. The van der Waals surface area contributed by atoms with Gasteiger partial charge in [0.05, 0.1) is 35.4 Å². The predicted molar refractivity (Wildman–Crippen MR) is 113 cm³/mol. The van der Waals surface area contributed by atoms with Crippen LogP contribution in [0.3, 0.4) is 0 Å². The zero-order chi connectivity index (χ0) is 19.6. The summed E-state index contributed by atoms with van der Waals surface area (Å²) in [6.07, 6.45) is 8.36. The highest BCUT2D eigenvalue weighted by atomic mass is 15.2. The third-order valence-electron chi connectivity index (χ3n) is 6.60. The van der Waals surface area contributed by atoms with Crippen LogP contribution in [-0.4, -0.2) is 26.0 Å². The monoisotopic (exact) mass is 385 g/mol. The van der Waals surface area contributed by atoms with Crippen LogP contribution in [0.25, 0.3) is 11.0 Å². The Bertz CT molecular complexity index is 1050. The number of nitriles is 1. The van der Waals surface area contributed by atoms with Gasteiger partial charge in [-0.15, -0.1) is 0 Å². The molecule has 0 amide bonds. The van der Waals surface area contributed by atoms with Gasteiger partial charge in [-0.1, -0.05) is 18.2 Å². The van der Waals surface area contributed by atoms with Gasteiger partial charge in [0, 0.05) is 19.2 Å². The first-order valence-corrected chi connectivity index (χ1v) is 10.8. The fourth-order valence-electron chi connectivity index (χ4n) is 5.29. The Kier molecular flexibility index (Phi) is 5.03. The number of para-hydroxylation sites is 2. The molecule has 1 aromatic carbocycles. The van der Waals surface area contributed by atoms with Crippen LogP contribution in [0.4, 0.5) is 0 Å². The van der Waals surface area contributed by atoms with Gasteiger partial charge < -0.3 is 4.57 Å². The summed E-state index contributed by atoms with van der Waals surface area (Å²) in [5.41, 5.74) is 4.94. The summed E-state index contributed by atoms with van der Waals surface area (Å²) in [6, 6.07) is 15.4. The molecule has 0 saturated carbocycles. The molecule has 148 valence electrons. The molecule has 3 aromatic rings. The standard InChI is InChI=1S/C24H27N5/c25-13-3-4-16-29-21-10-2-1-9-20(21)27-22(29)17-28-15-6-8-19-12-11-18-7-5-14-26-23(18)24(19)28/h1-2,5,7,9-10,14,19,24H,3-4,6,8,11-12,15-17H2/t19-,24+/m1/s1. The van der Waals surface area contributed by atoms with Crippen LogP contribution in [0.15, 0.2) is 42.6 Å². The van der Waals surface area contributed by atoms with E-state index in [-0.39, 0.29) is 0 Å². The molecule has 1 aliphatic heterocycles. The number of aryl methyl sites for hydroxylation is 2. The number of imidazole rings is 1. The van der Waals surface area contributed by atoms with Crippen molar-refractivity contribution in [3.8, 4) is 6.07 Å². The van der Waals surface area contributed by atoms with Gasteiger partial charge in [0.15, 0.2) is 0 Å².